The lowest BCUT2D eigenvalue weighted by Gasteiger charge is -2.07. The van der Waals surface area contributed by atoms with Crippen molar-refractivity contribution in [2.24, 2.45) is 0 Å². The molecule has 0 radical (unpaired) electrons. The maximum Gasteiger partial charge on any atom is 0.252 e. The lowest BCUT2D eigenvalue weighted by molar-refractivity contribution is 0.0951. The number of halogens is 3. The monoisotopic (exact) mass is 321 g/mol. The van der Waals surface area contributed by atoms with Crippen molar-refractivity contribution < 1.29 is 9.18 Å². The lowest BCUT2D eigenvalue weighted by Crippen LogP contribution is -2.25. The Balaban J connectivity index is 2.49. The van der Waals surface area contributed by atoms with E-state index in [-0.39, 0.29) is 11.3 Å². The standard InChI is InChI=1S/C12H14BrClFNO/c1-8(14)3-2-6-16-12(17)10-7-9(15)4-5-11(10)13/h4-5,7-8H,2-3,6H2,1H3,(H,16,17). The molecule has 17 heavy (non-hydrogen) atoms. The number of hydrogen-bond donors (Lipinski definition) is 1. The molecular formula is C12H14BrClFNO. The summed E-state index contributed by atoms with van der Waals surface area (Å²) in [6.07, 6.45) is 1.65. The van der Waals surface area contributed by atoms with Gasteiger partial charge >= 0.3 is 0 Å². The minimum Gasteiger partial charge on any atom is -0.352 e. The summed E-state index contributed by atoms with van der Waals surface area (Å²) in [5.41, 5.74) is 0.309. The smallest absolute Gasteiger partial charge is 0.252 e. The third-order valence-corrected chi connectivity index (χ3v) is 3.15. The SMILES string of the molecule is CC(Cl)CCCNC(=O)c1cc(F)ccc1Br. The van der Waals surface area contributed by atoms with E-state index < -0.39 is 5.82 Å². The van der Waals surface area contributed by atoms with Crippen LogP contribution >= 0.6 is 27.5 Å². The van der Waals surface area contributed by atoms with Gasteiger partial charge in [0.15, 0.2) is 0 Å². The Labute approximate surface area is 114 Å². The van der Waals surface area contributed by atoms with Crippen LogP contribution < -0.4 is 5.32 Å². The van der Waals surface area contributed by atoms with Gasteiger partial charge in [0.05, 0.1) is 5.56 Å². The zero-order valence-corrected chi connectivity index (χ0v) is 11.8. The number of carbonyl (C=O) groups is 1. The van der Waals surface area contributed by atoms with Crippen LogP contribution in [0.2, 0.25) is 0 Å². The average Bonchev–Trinajstić information content (AvgIpc) is 2.27. The second-order valence-corrected chi connectivity index (χ2v) is 5.40. The van der Waals surface area contributed by atoms with E-state index in [4.69, 9.17) is 11.6 Å². The van der Waals surface area contributed by atoms with Crippen molar-refractivity contribution in [1.82, 2.24) is 5.32 Å². The fourth-order valence-corrected chi connectivity index (χ4v) is 1.93. The van der Waals surface area contributed by atoms with Crippen LogP contribution in [-0.2, 0) is 0 Å². The molecule has 1 unspecified atom stereocenters. The van der Waals surface area contributed by atoms with E-state index in [1.807, 2.05) is 6.92 Å². The zero-order valence-electron chi connectivity index (χ0n) is 9.47. The van der Waals surface area contributed by atoms with Crippen LogP contribution in [0, 0.1) is 5.82 Å². The van der Waals surface area contributed by atoms with Crippen LogP contribution in [-0.4, -0.2) is 17.8 Å². The van der Waals surface area contributed by atoms with E-state index >= 15 is 0 Å². The average molecular weight is 323 g/mol. The van der Waals surface area contributed by atoms with Gasteiger partial charge in [0, 0.05) is 16.4 Å². The molecule has 5 heteroatoms. The van der Waals surface area contributed by atoms with Crippen LogP contribution in [0.1, 0.15) is 30.1 Å². The van der Waals surface area contributed by atoms with Crippen molar-refractivity contribution in [3.8, 4) is 0 Å². The minimum absolute atomic E-state index is 0.104. The first-order valence-corrected chi connectivity index (χ1v) is 6.61. The highest BCUT2D eigenvalue weighted by Gasteiger charge is 2.10. The number of nitrogens with one attached hydrogen (secondary N) is 1. The molecule has 1 rings (SSSR count). The molecule has 1 amide bonds. The van der Waals surface area contributed by atoms with E-state index in [0.717, 1.165) is 12.8 Å². The third kappa shape index (κ3) is 5.04. The zero-order chi connectivity index (χ0) is 12.8. The van der Waals surface area contributed by atoms with Crippen molar-refractivity contribution in [2.75, 3.05) is 6.54 Å². The Bertz CT molecular complexity index is 398. The fourth-order valence-electron chi connectivity index (χ4n) is 1.35. The number of carbonyl (C=O) groups excluding carboxylic acids is 1. The maximum atomic E-state index is 13.0. The molecule has 1 N–H and O–H groups in total. The minimum atomic E-state index is -0.423. The summed E-state index contributed by atoms with van der Waals surface area (Å²) in [5, 5.41) is 2.83. The Kier molecular flexibility index (Phi) is 5.92. The normalized spacial score (nSPS) is 12.2. The van der Waals surface area contributed by atoms with Crippen LogP contribution in [0.3, 0.4) is 0 Å². The van der Waals surface area contributed by atoms with Gasteiger partial charge in [-0.3, -0.25) is 4.79 Å². The van der Waals surface area contributed by atoms with Gasteiger partial charge in [0.2, 0.25) is 0 Å². The van der Waals surface area contributed by atoms with Gasteiger partial charge in [0.25, 0.3) is 5.91 Å². The fraction of sp³-hybridized carbons (Fsp3) is 0.417. The van der Waals surface area contributed by atoms with E-state index in [1.165, 1.54) is 18.2 Å². The summed E-state index contributed by atoms with van der Waals surface area (Å²) >= 11 is 9.00. The van der Waals surface area contributed by atoms with Gasteiger partial charge in [0.1, 0.15) is 5.82 Å². The number of benzene rings is 1. The van der Waals surface area contributed by atoms with Gasteiger partial charge < -0.3 is 5.32 Å². The largest absolute Gasteiger partial charge is 0.352 e. The second-order valence-electron chi connectivity index (χ2n) is 3.80. The first kappa shape index (κ1) is 14.5. The molecule has 0 aromatic heterocycles. The van der Waals surface area contributed by atoms with Crippen molar-refractivity contribution >= 4 is 33.4 Å². The van der Waals surface area contributed by atoms with Crippen LogP contribution in [0.5, 0.6) is 0 Å². The quantitative estimate of drug-likeness (QED) is 0.649. The van der Waals surface area contributed by atoms with E-state index in [0.29, 0.717) is 16.6 Å². The van der Waals surface area contributed by atoms with Gasteiger partial charge in [-0.2, -0.15) is 0 Å². The van der Waals surface area contributed by atoms with Crippen LogP contribution in [0.15, 0.2) is 22.7 Å². The Morgan fingerprint density at radius 1 is 1.59 bits per heavy atom. The van der Waals surface area contributed by atoms with Gasteiger partial charge in [-0.25, -0.2) is 4.39 Å². The molecule has 0 aliphatic carbocycles. The Hall–Kier alpha value is -0.610. The lowest BCUT2D eigenvalue weighted by atomic mass is 10.2. The number of rotatable bonds is 5. The number of hydrogen-bond acceptors (Lipinski definition) is 1. The number of alkyl halides is 1. The van der Waals surface area contributed by atoms with Crippen LogP contribution in [0.25, 0.3) is 0 Å². The summed E-state index contributed by atoms with van der Waals surface area (Å²) in [4.78, 5) is 11.7. The summed E-state index contributed by atoms with van der Waals surface area (Å²) in [5.74, 6) is -0.702. The summed E-state index contributed by atoms with van der Waals surface area (Å²) in [7, 11) is 0. The van der Waals surface area contributed by atoms with Gasteiger partial charge in [-0.05, 0) is 53.9 Å². The first-order valence-electron chi connectivity index (χ1n) is 5.38. The van der Waals surface area contributed by atoms with Crippen LogP contribution in [0.4, 0.5) is 4.39 Å². The summed E-state index contributed by atoms with van der Waals surface area (Å²) in [6, 6.07) is 4.03. The highest BCUT2D eigenvalue weighted by Crippen LogP contribution is 2.17. The highest BCUT2D eigenvalue weighted by atomic mass is 79.9. The molecule has 1 aromatic carbocycles. The summed E-state index contributed by atoms with van der Waals surface area (Å²) < 4.78 is 13.6. The maximum absolute atomic E-state index is 13.0. The Morgan fingerprint density at radius 3 is 2.94 bits per heavy atom. The molecule has 0 saturated carbocycles. The molecule has 0 fully saturated rings. The third-order valence-electron chi connectivity index (χ3n) is 2.24. The molecule has 0 bridgehead atoms. The van der Waals surface area contributed by atoms with E-state index in [9.17, 15) is 9.18 Å². The molecule has 0 saturated heterocycles. The molecule has 0 aliphatic rings. The van der Waals surface area contributed by atoms with Gasteiger partial charge in [-0.1, -0.05) is 0 Å². The molecule has 0 aliphatic heterocycles. The molecule has 94 valence electrons. The van der Waals surface area contributed by atoms with Crippen molar-refractivity contribution in [3.05, 3.63) is 34.1 Å². The predicted octanol–water partition coefficient (Wildman–Crippen LogP) is 3.73. The molecule has 0 spiro atoms. The molecular weight excluding hydrogens is 308 g/mol. The van der Waals surface area contributed by atoms with E-state index in [2.05, 4.69) is 21.2 Å². The first-order chi connectivity index (χ1) is 8.00. The molecule has 1 aromatic rings. The summed E-state index contributed by atoms with van der Waals surface area (Å²) in [6.45, 7) is 2.45. The molecule has 0 heterocycles. The van der Waals surface area contributed by atoms with Gasteiger partial charge in [-0.15, -0.1) is 11.6 Å². The Morgan fingerprint density at radius 2 is 2.29 bits per heavy atom. The predicted molar refractivity (Wildman–Crippen MR) is 71.0 cm³/mol. The van der Waals surface area contributed by atoms with Crippen molar-refractivity contribution in [1.29, 1.82) is 0 Å². The van der Waals surface area contributed by atoms with Crippen molar-refractivity contribution in [2.45, 2.75) is 25.1 Å². The number of amides is 1. The topological polar surface area (TPSA) is 29.1 Å². The van der Waals surface area contributed by atoms with E-state index in [1.54, 1.807) is 0 Å². The second kappa shape index (κ2) is 6.97. The van der Waals surface area contributed by atoms with Crippen molar-refractivity contribution in [3.63, 3.8) is 0 Å². The molecule has 1 atom stereocenters. The molecule has 2 nitrogen and oxygen atoms in total. The highest BCUT2D eigenvalue weighted by molar-refractivity contribution is 9.10.